The van der Waals surface area contributed by atoms with Gasteiger partial charge in [-0.2, -0.15) is 0 Å². The molecule has 0 aromatic heterocycles. The molecule has 0 saturated heterocycles. The fourth-order valence-corrected chi connectivity index (χ4v) is 1.16. The van der Waals surface area contributed by atoms with E-state index in [1.165, 1.54) is 0 Å². The Hall–Kier alpha value is -0.848. The summed E-state index contributed by atoms with van der Waals surface area (Å²) >= 11 is 2.90. The molecule has 0 N–H and O–H groups in total. The van der Waals surface area contributed by atoms with Gasteiger partial charge in [0.05, 0.1) is 0 Å². The van der Waals surface area contributed by atoms with Crippen molar-refractivity contribution in [3.05, 3.63) is 29.3 Å². The van der Waals surface area contributed by atoms with Crippen molar-refractivity contribution < 1.29 is 19.2 Å². The number of halogens is 1. The van der Waals surface area contributed by atoms with Crippen LogP contribution in [-0.2, 0) is 19.2 Å². The van der Waals surface area contributed by atoms with Crippen LogP contribution in [0.25, 0.3) is 0 Å². The Balaban J connectivity index is 0.00000121. The molecule has 0 radical (unpaired) electrons. The van der Waals surface area contributed by atoms with Gasteiger partial charge in [-0.15, -0.1) is 12.4 Å². The van der Waals surface area contributed by atoms with Gasteiger partial charge in [0.1, 0.15) is 0 Å². The van der Waals surface area contributed by atoms with Crippen LogP contribution in [0.1, 0.15) is 11.1 Å². The van der Waals surface area contributed by atoms with Gasteiger partial charge >= 0.3 is 75.2 Å². The Morgan fingerprint density at radius 2 is 1.83 bits per heavy atom. The standard InChI is InChI=1S/C8H3N2.ClH.Pd/c9-5-7-3-1-2-4-8(7)6-10;;/h1-3H;1H;. The first kappa shape index (κ1) is 11.2. The van der Waals surface area contributed by atoms with Gasteiger partial charge in [-0.05, 0) is 0 Å². The number of hydrogen-bond donors (Lipinski definition) is 0. The van der Waals surface area contributed by atoms with Crippen LogP contribution in [-0.4, -0.2) is 0 Å². The second kappa shape index (κ2) is 4.92. The summed E-state index contributed by atoms with van der Waals surface area (Å²) in [5.41, 5.74) is 0.829. The number of nitriles is 2. The van der Waals surface area contributed by atoms with E-state index in [0.717, 1.165) is 0 Å². The van der Waals surface area contributed by atoms with E-state index in [2.05, 4.69) is 19.2 Å². The zero-order chi connectivity index (χ0) is 8.27. The normalized spacial score (nSPS) is 7.67. The van der Waals surface area contributed by atoms with Crippen molar-refractivity contribution in [2.75, 3.05) is 0 Å². The minimum atomic E-state index is 0. The molecular weight excluding hydrogens is 266 g/mol. The zero-order valence-electron chi connectivity index (χ0n) is 5.85. The molecule has 0 spiro atoms. The Kier molecular flexibility index (Phi) is 4.57. The zero-order valence-corrected chi connectivity index (χ0v) is 8.22. The van der Waals surface area contributed by atoms with Crippen molar-refractivity contribution in [1.82, 2.24) is 0 Å². The molecule has 0 saturated carbocycles. The number of benzene rings is 1. The Morgan fingerprint density at radius 1 is 1.17 bits per heavy atom. The fraction of sp³-hybridized carbons (Fsp3) is 0. The molecule has 0 aliphatic carbocycles. The number of rotatable bonds is 0. The van der Waals surface area contributed by atoms with Gasteiger partial charge in [-0.3, -0.25) is 0 Å². The summed E-state index contributed by atoms with van der Waals surface area (Å²) in [6.45, 7) is 0. The van der Waals surface area contributed by atoms with Crippen molar-refractivity contribution >= 4 is 16.4 Å². The first-order valence-corrected chi connectivity index (χ1v) is 3.63. The average Bonchev–Trinajstić information content (AvgIpc) is 2.04. The van der Waals surface area contributed by atoms with Crippen LogP contribution in [0.5, 0.6) is 0 Å². The van der Waals surface area contributed by atoms with E-state index in [1.807, 2.05) is 12.1 Å². The molecule has 12 heavy (non-hydrogen) atoms. The summed E-state index contributed by atoms with van der Waals surface area (Å²) in [5, 5.41) is 17.2. The quantitative estimate of drug-likeness (QED) is 0.661. The molecule has 4 heteroatoms. The number of hydrogen-bond acceptors (Lipinski definition) is 2. The summed E-state index contributed by atoms with van der Waals surface area (Å²) in [6.07, 6.45) is 0. The second-order valence-electron chi connectivity index (χ2n) is 1.85. The molecule has 0 bridgehead atoms. The molecule has 1 aromatic carbocycles. The van der Waals surface area contributed by atoms with Crippen molar-refractivity contribution in [2.45, 2.75) is 0 Å². The van der Waals surface area contributed by atoms with Crippen molar-refractivity contribution in [3.63, 3.8) is 0 Å². The molecule has 2 nitrogen and oxygen atoms in total. The van der Waals surface area contributed by atoms with Gasteiger partial charge in [0.25, 0.3) is 0 Å². The van der Waals surface area contributed by atoms with Crippen molar-refractivity contribution in [3.8, 4) is 12.1 Å². The van der Waals surface area contributed by atoms with Crippen LogP contribution >= 0.6 is 12.4 Å². The van der Waals surface area contributed by atoms with Gasteiger partial charge in [-0.25, -0.2) is 0 Å². The summed E-state index contributed by atoms with van der Waals surface area (Å²) < 4.78 is 0.703. The van der Waals surface area contributed by atoms with Gasteiger partial charge in [0, 0.05) is 0 Å². The fourth-order valence-electron chi connectivity index (χ4n) is 0.713. The third-order valence-electron chi connectivity index (χ3n) is 1.22. The van der Waals surface area contributed by atoms with Crippen LogP contribution in [0.2, 0.25) is 0 Å². The van der Waals surface area contributed by atoms with E-state index in [-0.39, 0.29) is 12.4 Å². The van der Waals surface area contributed by atoms with Gasteiger partial charge in [0.2, 0.25) is 0 Å². The molecule has 1 aromatic rings. The molecule has 0 unspecified atom stereocenters. The summed E-state index contributed by atoms with van der Waals surface area (Å²) in [6, 6.07) is 9.00. The molecule has 0 heterocycles. The molecule has 0 fully saturated rings. The molecule has 1 rings (SSSR count). The van der Waals surface area contributed by atoms with E-state index < -0.39 is 0 Å². The van der Waals surface area contributed by atoms with E-state index in [4.69, 9.17) is 10.5 Å². The monoisotopic (exact) mass is 269 g/mol. The first-order chi connectivity index (χ1) is 5.29. The Morgan fingerprint density at radius 3 is 2.25 bits per heavy atom. The molecular formula is C8H4ClN2Pd. The Bertz CT molecular complexity index is 362. The minimum absolute atomic E-state index is 0. The van der Waals surface area contributed by atoms with Crippen LogP contribution in [0, 0.1) is 22.7 Å². The van der Waals surface area contributed by atoms with Crippen LogP contribution in [0.15, 0.2) is 18.2 Å². The van der Waals surface area contributed by atoms with E-state index in [0.29, 0.717) is 15.2 Å². The van der Waals surface area contributed by atoms with E-state index in [9.17, 15) is 0 Å². The molecule has 63 valence electrons. The average molecular weight is 270 g/mol. The predicted octanol–water partition coefficient (Wildman–Crippen LogP) is 1.02. The van der Waals surface area contributed by atoms with Gasteiger partial charge in [0.15, 0.2) is 0 Å². The molecule has 0 aliphatic heterocycles. The van der Waals surface area contributed by atoms with Gasteiger partial charge in [-0.1, -0.05) is 0 Å². The maximum atomic E-state index is 8.61. The van der Waals surface area contributed by atoms with Crippen LogP contribution in [0.4, 0.5) is 0 Å². The number of nitrogens with zero attached hydrogens (tertiary/aromatic N) is 2. The summed E-state index contributed by atoms with van der Waals surface area (Å²) in [4.78, 5) is 0. The summed E-state index contributed by atoms with van der Waals surface area (Å²) in [5.74, 6) is 0. The topological polar surface area (TPSA) is 47.6 Å². The van der Waals surface area contributed by atoms with E-state index >= 15 is 0 Å². The maximum absolute atomic E-state index is 8.61. The SMILES string of the molecule is Cl.N#Cc1ccc[c]([Pd])c1C#N. The van der Waals surface area contributed by atoms with Crippen molar-refractivity contribution in [2.24, 2.45) is 0 Å². The van der Waals surface area contributed by atoms with Gasteiger partial charge < -0.3 is 0 Å². The predicted molar refractivity (Wildman–Crippen MR) is 42.8 cm³/mol. The first-order valence-electron chi connectivity index (χ1n) is 2.85. The Labute approximate surface area is 87.6 Å². The third kappa shape index (κ3) is 2.07. The van der Waals surface area contributed by atoms with Crippen LogP contribution < -0.4 is 4.04 Å². The summed E-state index contributed by atoms with van der Waals surface area (Å²) in [7, 11) is 0. The van der Waals surface area contributed by atoms with Crippen molar-refractivity contribution in [1.29, 1.82) is 10.5 Å². The van der Waals surface area contributed by atoms with E-state index in [1.54, 1.807) is 18.2 Å². The molecule has 0 amide bonds. The molecule has 0 atom stereocenters. The molecule has 0 aliphatic rings. The second-order valence-corrected chi connectivity index (χ2v) is 2.69. The third-order valence-corrected chi connectivity index (χ3v) is 1.87. The van der Waals surface area contributed by atoms with Crippen LogP contribution in [0.3, 0.4) is 0 Å².